The first-order valence-corrected chi connectivity index (χ1v) is 5.40. The molecule has 0 amide bonds. The molecule has 0 N–H and O–H groups in total. The molecular weight excluding hydrogens is 352 g/mol. The molecule has 0 saturated heterocycles. The van der Waals surface area contributed by atoms with E-state index in [0.717, 1.165) is 0 Å². The van der Waals surface area contributed by atoms with Gasteiger partial charge in [-0.1, -0.05) is 46.4 Å². The van der Waals surface area contributed by atoms with Gasteiger partial charge in [0.25, 0.3) is 0 Å². The van der Waals surface area contributed by atoms with Gasteiger partial charge in [0, 0.05) is 0 Å². The Kier molecular flexibility index (Phi) is 4.28. The Balaban J connectivity index is 3.89. The van der Waals surface area contributed by atoms with Crippen molar-refractivity contribution in [1.82, 2.24) is 0 Å². The Morgan fingerprint density at radius 3 is 0.889 bits per heavy atom. The van der Waals surface area contributed by atoms with Crippen LogP contribution in [0.1, 0.15) is 11.1 Å². The van der Waals surface area contributed by atoms with Crippen LogP contribution in [0.4, 0.5) is 26.3 Å². The van der Waals surface area contributed by atoms with Crippen LogP contribution in [0.2, 0.25) is 20.1 Å². The fraction of sp³-hybridized carbons (Fsp3) is 0.250. The second kappa shape index (κ2) is 4.81. The number of hydrogen-bond donors (Lipinski definition) is 0. The van der Waals surface area contributed by atoms with Crippen LogP contribution in [-0.2, 0) is 12.4 Å². The van der Waals surface area contributed by atoms with Crippen molar-refractivity contribution < 1.29 is 26.3 Å². The number of alkyl halides is 6. The van der Waals surface area contributed by atoms with Crippen LogP contribution in [-0.4, -0.2) is 0 Å². The molecule has 1 aromatic carbocycles. The summed E-state index contributed by atoms with van der Waals surface area (Å²) in [4.78, 5) is 0. The normalized spacial score (nSPS) is 13.0. The van der Waals surface area contributed by atoms with E-state index in [9.17, 15) is 26.3 Å². The topological polar surface area (TPSA) is 0 Å². The van der Waals surface area contributed by atoms with Crippen LogP contribution < -0.4 is 0 Å². The van der Waals surface area contributed by atoms with Crippen LogP contribution in [0.25, 0.3) is 0 Å². The Morgan fingerprint density at radius 2 is 0.722 bits per heavy atom. The Hall–Kier alpha value is -0.0400. The van der Waals surface area contributed by atoms with Crippen LogP contribution in [0.5, 0.6) is 0 Å². The van der Waals surface area contributed by atoms with Crippen molar-refractivity contribution in [3.05, 3.63) is 31.2 Å². The summed E-state index contributed by atoms with van der Waals surface area (Å²) in [5.41, 5.74) is -4.31. The van der Waals surface area contributed by atoms with Crippen molar-refractivity contribution in [1.29, 1.82) is 0 Å². The maximum Gasteiger partial charge on any atom is 0.418 e. The van der Waals surface area contributed by atoms with Gasteiger partial charge < -0.3 is 0 Å². The third-order valence-corrected chi connectivity index (χ3v) is 3.64. The summed E-state index contributed by atoms with van der Waals surface area (Å²) >= 11 is 20.9. The maximum absolute atomic E-state index is 12.6. The van der Waals surface area contributed by atoms with Gasteiger partial charge in [0.2, 0.25) is 0 Å². The van der Waals surface area contributed by atoms with E-state index in [0.29, 0.717) is 0 Å². The monoisotopic (exact) mass is 350 g/mol. The number of rotatable bonds is 0. The third-order valence-electron chi connectivity index (χ3n) is 1.83. The predicted octanol–water partition coefficient (Wildman–Crippen LogP) is 6.34. The minimum Gasteiger partial charge on any atom is -0.166 e. The second-order valence-corrected chi connectivity index (χ2v) is 4.51. The molecule has 0 aliphatic heterocycles. The van der Waals surface area contributed by atoms with E-state index < -0.39 is 43.6 Å². The second-order valence-electron chi connectivity index (χ2n) is 3.00. The summed E-state index contributed by atoms with van der Waals surface area (Å²) in [6.45, 7) is 0. The highest BCUT2D eigenvalue weighted by Crippen LogP contribution is 2.52. The maximum atomic E-state index is 12.6. The summed E-state index contributed by atoms with van der Waals surface area (Å²) in [5, 5.41) is -4.45. The van der Waals surface area contributed by atoms with Crippen molar-refractivity contribution in [2.45, 2.75) is 12.4 Å². The lowest BCUT2D eigenvalue weighted by Crippen LogP contribution is -2.18. The van der Waals surface area contributed by atoms with Gasteiger partial charge >= 0.3 is 12.4 Å². The lowest BCUT2D eigenvalue weighted by molar-refractivity contribution is -0.161. The molecule has 0 aromatic heterocycles. The van der Waals surface area contributed by atoms with Gasteiger partial charge in [-0.25, -0.2) is 0 Å². The molecule has 1 aromatic rings. The van der Waals surface area contributed by atoms with Gasteiger partial charge in [0.05, 0.1) is 31.2 Å². The van der Waals surface area contributed by atoms with E-state index in [1.54, 1.807) is 0 Å². The average molecular weight is 352 g/mol. The van der Waals surface area contributed by atoms with Crippen LogP contribution in [0.3, 0.4) is 0 Å². The summed E-state index contributed by atoms with van der Waals surface area (Å²) in [6, 6.07) is 0. The van der Waals surface area contributed by atoms with Gasteiger partial charge in [-0.2, -0.15) is 26.3 Å². The number of benzene rings is 1. The predicted molar refractivity (Wildman–Crippen MR) is 56.5 cm³/mol. The van der Waals surface area contributed by atoms with E-state index >= 15 is 0 Å². The molecule has 0 saturated carbocycles. The summed E-state index contributed by atoms with van der Waals surface area (Å²) in [6.07, 6.45) is -10.8. The number of halogens is 10. The number of hydrogen-bond acceptors (Lipinski definition) is 0. The minimum absolute atomic E-state index is 0.886. The summed E-state index contributed by atoms with van der Waals surface area (Å²) in [5.74, 6) is 0. The highest BCUT2D eigenvalue weighted by Gasteiger charge is 2.48. The Bertz CT molecular complexity index is 445. The molecule has 0 atom stereocenters. The first-order valence-electron chi connectivity index (χ1n) is 3.89. The van der Waals surface area contributed by atoms with Crippen molar-refractivity contribution in [2.75, 3.05) is 0 Å². The Labute approximate surface area is 116 Å². The van der Waals surface area contributed by atoms with Gasteiger partial charge in [-0.05, 0) is 0 Å². The van der Waals surface area contributed by atoms with Crippen LogP contribution in [0, 0.1) is 0 Å². The average Bonchev–Trinajstić information content (AvgIpc) is 2.16. The molecular formula is C8Cl4F6. The van der Waals surface area contributed by atoms with E-state index in [4.69, 9.17) is 46.4 Å². The zero-order valence-corrected chi connectivity index (χ0v) is 10.8. The minimum atomic E-state index is -5.38. The fourth-order valence-corrected chi connectivity index (χ4v) is 2.23. The molecule has 10 heteroatoms. The first-order chi connectivity index (χ1) is 7.89. The van der Waals surface area contributed by atoms with E-state index in [1.165, 1.54) is 0 Å². The molecule has 0 aliphatic carbocycles. The summed E-state index contributed by atoms with van der Waals surface area (Å²) < 4.78 is 75.5. The van der Waals surface area contributed by atoms with Crippen molar-refractivity contribution >= 4 is 46.4 Å². The van der Waals surface area contributed by atoms with Crippen molar-refractivity contribution in [3.63, 3.8) is 0 Å². The standard InChI is InChI=1S/C8Cl4F6/c9-3-1(7(13,14)15)2(8(16,17)18)4(10)6(12)5(3)11. The molecule has 0 nitrogen and oxygen atoms in total. The van der Waals surface area contributed by atoms with Crippen LogP contribution >= 0.6 is 46.4 Å². The quantitative estimate of drug-likeness (QED) is 0.291. The molecule has 18 heavy (non-hydrogen) atoms. The van der Waals surface area contributed by atoms with Gasteiger partial charge in [0.1, 0.15) is 0 Å². The molecule has 1 rings (SSSR count). The molecule has 0 aliphatic rings. The molecule has 0 bridgehead atoms. The SMILES string of the molecule is FC(F)(F)c1c(Cl)c(Cl)c(Cl)c(Cl)c1C(F)(F)F. The van der Waals surface area contributed by atoms with Gasteiger partial charge in [-0.15, -0.1) is 0 Å². The van der Waals surface area contributed by atoms with Crippen molar-refractivity contribution in [3.8, 4) is 0 Å². The first kappa shape index (κ1) is 16.0. The highest BCUT2D eigenvalue weighted by molar-refractivity contribution is 6.52. The largest absolute Gasteiger partial charge is 0.418 e. The molecule has 0 spiro atoms. The van der Waals surface area contributed by atoms with Crippen LogP contribution in [0.15, 0.2) is 0 Å². The lowest BCUT2D eigenvalue weighted by atomic mass is 10.1. The van der Waals surface area contributed by atoms with Gasteiger partial charge in [-0.3, -0.25) is 0 Å². The highest BCUT2D eigenvalue weighted by atomic mass is 35.5. The molecule has 0 radical (unpaired) electrons. The molecule has 0 heterocycles. The molecule has 102 valence electrons. The zero-order chi connectivity index (χ0) is 14.5. The Morgan fingerprint density at radius 1 is 0.500 bits per heavy atom. The smallest absolute Gasteiger partial charge is 0.166 e. The zero-order valence-electron chi connectivity index (χ0n) is 7.78. The van der Waals surface area contributed by atoms with E-state index in [-0.39, 0.29) is 0 Å². The van der Waals surface area contributed by atoms with Crippen molar-refractivity contribution in [2.24, 2.45) is 0 Å². The fourth-order valence-electron chi connectivity index (χ4n) is 1.16. The third kappa shape index (κ3) is 2.76. The molecule has 0 unspecified atom stereocenters. The van der Waals surface area contributed by atoms with E-state index in [1.807, 2.05) is 0 Å². The van der Waals surface area contributed by atoms with E-state index in [2.05, 4.69) is 0 Å². The lowest BCUT2D eigenvalue weighted by Gasteiger charge is -2.20. The summed E-state index contributed by atoms with van der Waals surface area (Å²) in [7, 11) is 0. The molecule has 0 fully saturated rings. The van der Waals surface area contributed by atoms with Gasteiger partial charge in [0.15, 0.2) is 0 Å².